The van der Waals surface area contributed by atoms with Gasteiger partial charge in [0.15, 0.2) is 0 Å². The van der Waals surface area contributed by atoms with Crippen LogP contribution in [0, 0.1) is 11.7 Å². The molecule has 100 valence electrons. The van der Waals surface area contributed by atoms with E-state index >= 15 is 0 Å². The highest BCUT2D eigenvalue weighted by atomic mass is 32.1. The van der Waals surface area contributed by atoms with E-state index in [-0.39, 0.29) is 5.82 Å². The van der Waals surface area contributed by atoms with Gasteiger partial charge in [0.05, 0.1) is 0 Å². The highest BCUT2D eigenvalue weighted by molar-refractivity contribution is 7.10. The molecule has 1 saturated carbocycles. The van der Waals surface area contributed by atoms with E-state index in [1.165, 1.54) is 23.8 Å². The number of hydrogen-bond donors (Lipinski definition) is 1. The second-order valence-corrected chi connectivity index (χ2v) is 6.11. The molecule has 0 amide bonds. The van der Waals surface area contributed by atoms with Gasteiger partial charge >= 0.3 is 0 Å². The maximum atomic E-state index is 13.5. The van der Waals surface area contributed by atoms with Gasteiger partial charge in [0.25, 0.3) is 0 Å². The van der Waals surface area contributed by atoms with Crippen molar-refractivity contribution < 1.29 is 4.39 Å². The molecule has 1 fully saturated rings. The Morgan fingerprint density at radius 2 is 2.05 bits per heavy atom. The molecular weight excluding hydrogens is 257 g/mol. The largest absolute Gasteiger partial charge is 0.309 e. The molecule has 3 heteroatoms. The molecule has 1 nitrogen and oxygen atoms in total. The van der Waals surface area contributed by atoms with Gasteiger partial charge < -0.3 is 5.32 Å². The Morgan fingerprint density at radius 3 is 2.74 bits per heavy atom. The third-order valence-corrected chi connectivity index (χ3v) is 4.61. The molecule has 0 saturated heterocycles. The molecule has 3 rings (SSSR count). The van der Waals surface area contributed by atoms with E-state index in [9.17, 15) is 4.39 Å². The smallest absolute Gasteiger partial charge is 0.126 e. The molecule has 1 aliphatic carbocycles. The summed E-state index contributed by atoms with van der Waals surface area (Å²) >= 11 is 1.81. The van der Waals surface area contributed by atoms with Gasteiger partial charge in [-0.3, -0.25) is 0 Å². The quantitative estimate of drug-likeness (QED) is 0.834. The van der Waals surface area contributed by atoms with Crippen molar-refractivity contribution in [3.63, 3.8) is 0 Å². The Labute approximate surface area is 117 Å². The minimum absolute atomic E-state index is 0.0941. The van der Waals surface area contributed by atoms with E-state index in [0.29, 0.717) is 6.04 Å². The molecule has 1 N–H and O–H groups in total. The first kappa shape index (κ1) is 12.8. The number of halogens is 1. The highest BCUT2D eigenvalue weighted by Gasteiger charge is 2.32. The topological polar surface area (TPSA) is 12.0 Å². The molecule has 1 heterocycles. The summed E-state index contributed by atoms with van der Waals surface area (Å²) in [4.78, 5) is 1.41. The maximum absolute atomic E-state index is 13.5. The fourth-order valence-electron chi connectivity index (χ4n) is 2.46. The Kier molecular flexibility index (Phi) is 3.95. The molecule has 1 aromatic carbocycles. The van der Waals surface area contributed by atoms with Crippen LogP contribution in [0.3, 0.4) is 0 Å². The summed E-state index contributed by atoms with van der Waals surface area (Å²) in [5, 5.41) is 5.73. The molecule has 1 aromatic heterocycles. The predicted molar refractivity (Wildman–Crippen MR) is 77.9 cm³/mol. The zero-order valence-corrected chi connectivity index (χ0v) is 11.6. The zero-order chi connectivity index (χ0) is 13.1. The minimum Gasteiger partial charge on any atom is -0.309 e. The first-order chi connectivity index (χ1) is 9.34. The van der Waals surface area contributed by atoms with Crippen LogP contribution in [0.25, 0.3) is 0 Å². The van der Waals surface area contributed by atoms with Gasteiger partial charge in [-0.15, -0.1) is 11.3 Å². The van der Waals surface area contributed by atoms with E-state index in [1.54, 1.807) is 6.07 Å². The van der Waals surface area contributed by atoms with Crippen LogP contribution < -0.4 is 5.32 Å². The van der Waals surface area contributed by atoms with Crippen molar-refractivity contribution in [2.45, 2.75) is 25.3 Å². The van der Waals surface area contributed by atoms with Crippen molar-refractivity contribution in [3.8, 4) is 0 Å². The van der Waals surface area contributed by atoms with Gasteiger partial charge in [0.2, 0.25) is 0 Å². The summed E-state index contributed by atoms with van der Waals surface area (Å²) in [6.07, 6.45) is 3.38. The molecule has 19 heavy (non-hydrogen) atoms. The molecule has 0 spiro atoms. The van der Waals surface area contributed by atoms with Crippen LogP contribution in [0.2, 0.25) is 0 Å². The fourth-order valence-corrected chi connectivity index (χ4v) is 3.35. The zero-order valence-electron chi connectivity index (χ0n) is 10.8. The minimum atomic E-state index is -0.0941. The predicted octanol–water partition coefficient (Wildman–Crippen LogP) is 4.17. The molecule has 0 aliphatic heterocycles. The molecule has 1 aliphatic rings. The van der Waals surface area contributed by atoms with Gasteiger partial charge in [-0.05, 0) is 54.8 Å². The van der Waals surface area contributed by atoms with Gasteiger partial charge in [-0.1, -0.05) is 24.3 Å². The van der Waals surface area contributed by atoms with Crippen molar-refractivity contribution in [3.05, 3.63) is 58.0 Å². The van der Waals surface area contributed by atoms with Gasteiger partial charge in [0, 0.05) is 10.9 Å². The third kappa shape index (κ3) is 3.23. The van der Waals surface area contributed by atoms with Crippen LogP contribution in [-0.2, 0) is 6.42 Å². The molecule has 1 unspecified atom stereocenters. The number of hydrogen-bond acceptors (Lipinski definition) is 2. The highest BCUT2D eigenvalue weighted by Crippen LogP contribution is 2.42. The van der Waals surface area contributed by atoms with Crippen molar-refractivity contribution in [1.29, 1.82) is 0 Å². The van der Waals surface area contributed by atoms with Crippen LogP contribution in [-0.4, -0.2) is 6.54 Å². The Hall–Kier alpha value is -1.19. The molecule has 2 aromatic rings. The third-order valence-electron chi connectivity index (χ3n) is 3.66. The number of rotatable bonds is 6. The average molecular weight is 275 g/mol. The summed E-state index contributed by atoms with van der Waals surface area (Å²) in [6.45, 7) is 0.833. The van der Waals surface area contributed by atoms with Crippen LogP contribution in [0.1, 0.15) is 29.3 Å². The number of benzene rings is 1. The van der Waals surface area contributed by atoms with Crippen LogP contribution in [0.4, 0.5) is 4.39 Å². The van der Waals surface area contributed by atoms with Crippen molar-refractivity contribution in [1.82, 2.24) is 5.32 Å². The normalized spacial score (nSPS) is 16.5. The standard InChI is InChI=1S/C16H18FNS/c17-14-5-2-1-4-12(14)9-10-18-16(13-7-8-13)15-6-3-11-19-15/h1-6,11,13,16,18H,7-10H2. The Bertz CT molecular complexity index is 519. The van der Waals surface area contributed by atoms with Crippen molar-refractivity contribution in [2.24, 2.45) is 5.92 Å². The molecule has 0 radical (unpaired) electrons. The Morgan fingerprint density at radius 1 is 1.21 bits per heavy atom. The van der Waals surface area contributed by atoms with E-state index in [1.807, 2.05) is 23.5 Å². The van der Waals surface area contributed by atoms with E-state index in [2.05, 4.69) is 22.8 Å². The lowest BCUT2D eigenvalue weighted by Crippen LogP contribution is -2.24. The second kappa shape index (κ2) is 5.85. The average Bonchev–Trinajstić information content (AvgIpc) is 3.11. The van der Waals surface area contributed by atoms with E-state index in [4.69, 9.17) is 0 Å². The lowest BCUT2D eigenvalue weighted by Gasteiger charge is -2.17. The lowest BCUT2D eigenvalue weighted by molar-refractivity contribution is 0.487. The van der Waals surface area contributed by atoms with Crippen LogP contribution in [0.5, 0.6) is 0 Å². The molecule has 0 bridgehead atoms. The maximum Gasteiger partial charge on any atom is 0.126 e. The van der Waals surface area contributed by atoms with Gasteiger partial charge in [0.1, 0.15) is 5.82 Å². The monoisotopic (exact) mass is 275 g/mol. The summed E-state index contributed by atoms with van der Waals surface area (Å²) < 4.78 is 13.5. The molecule has 1 atom stereocenters. The van der Waals surface area contributed by atoms with Crippen LogP contribution >= 0.6 is 11.3 Å². The van der Waals surface area contributed by atoms with E-state index in [0.717, 1.165) is 24.4 Å². The SMILES string of the molecule is Fc1ccccc1CCNC(c1cccs1)C1CC1. The van der Waals surface area contributed by atoms with E-state index < -0.39 is 0 Å². The lowest BCUT2D eigenvalue weighted by atomic mass is 10.1. The summed E-state index contributed by atoms with van der Waals surface area (Å²) in [6, 6.07) is 11.8. The summed E-state index contributed by atoms with van der Waals surface area (Å²) in [5.41, 5.74) is 0.802. The Balaban J connectivity index is 1.57. The summed E-state index contributed by atoms with van der Waals surface area (Å²) in [7, 11) is 0. The van der Waals surface area contributed by atoms with Crippen molar-refractivity contribution >= 4 is 11.3 Å². The van der Waals surface area contributed by atoms with Crippen LogP contribution in [0.15, 0.2) is 41.8 Å². The fraction of sp³-hybridized carbons (Fsp3) is 0.375. The number of nitrogens with one attached hydrogen (secondary N) is 1. The van der Waals surface area contributed by atoms with Crippen molar-refractivity contribution in [2.75, 3.05) is 6.54 Å². The first-order valence-corrected chi connectivity index (χ1v) is 7.73. The second-order valence-electron chi connectivity index (χ2n) is 5.13. The first-order valence-electron chi connectivity index (χ1n) is 6.85. The van der Waals surface area contributed by atoms with Gasteiger partial charge in [-0.25, -0.2) is 4.39 Å². The summed E-state index contributed by atoms with van der Waals surface area (Å²) in [5.74, 6) is 0.683. The molecular formula is C16H18FNS. The number of thiophene rings is 1. The van der Waals surface area contributed by atoms with Gasteiger partial charge in [-0.2, -0.15) is 0 Å².